The quantitative estimate of drug-likeness (QED) is 0.350. The number of benzene rings is 3. The summed E-state index contributed by atoms with van der Waals surface area (Å²) in [6.45, 7) is 1.66. The van der Waals surface area contributed by atoms with Crippen LogP contribution in [0, 0.1) is 5.92 Å². The predicted molar refractivity (Wildman–Crippen MR) is 141 cm³/mol. The van der Waals surface area contributed by atoms with Gasteiger partial charge in [0.2, 0.25) is 5.95 Å². The van der Waals surface area contributed by atoms with Gasteiger partial charge in [0.05, 0.1) is 5.52 Å². The molecule has 0 aliphatic heterocycles. The van der Waals surface area contributed by atoms with E-state index in [1.54, 1.807) is 0 Å². The molecule has 0 bridgehead atoms. The van der Waals surface area contributed by atoms with Crippen molar-refractivity contribution in [2.75, 3.05) is 30.9 Å². The largest absolute Gasteiger partial charge is 0.507 e. The number of aromatic nitrogens is 2. The Morgan fingerprint density at radius 3 is 2.41 bits per heavy atom. The minimum atomic E-state index is 0.394. The van der Waals surface area contributed by atoms with Gasteiger partial charge >= 0.3 is 0 Å². The van der Waals surface area contributed by atoms with E-state index in [1.807, 2.05) is 67.5 Å². The molecule has 0 radical (unpaired) electrons. The van der Waals surface area contributed by atoms with Gasteiger partial charge in [-0.1, -0.05) is 48.5 Å². The van der Waals surface area contributed by atoms with E-state index in [0.29, 0.717) is 24.3 Å². The van der Waals surface area contributed by atoms with Crippen molar-refractivity contribution in [3.05, 3.63) is 66.2 Å². The number of fused-ring (bicyclic) bond motifs is 2. The van der Waals surface area contributed by atoms with Crippen molar-refractivity contribution in [3.63, 3.8) is 0 Å². The Morgan fingerprint density at radius 2 is 1.62 bits per heavy atom. The van der Waals surface area contributed by atoms with Crippen LogP contribution in [-0.2, 0) is 6.54 Å². The lowest BCUT2D eigenvalue weighted by Gasteiger charge is -2.29. The van der Waals surface area contributed by atoms with Crippen LogP contribution in [0.2, 0.25) is 0 Å². The Balaban J connectivity index is 1.14. The third-order valence-corrected chi connectivity index (χ3v) is 6.92. The third-order valence-electron chi connectivity index (χ3n) is 6.92. The van der Waals surface area contributed by atoms with Gasteiger partial charge in [0, 0.05) is 43.0 Å². The number of aromatic hydroxyl groups is 1. The Kier molecular flexibility index (Phi) is 6.50. The molecule has 1 aromatic heterocycles. The molecule has 0 spiro atoms. The van der Waals surface area contributed by atoms with Crippen molar-refractivity contribution in [1.29, 1.82) is 0 Å². The molecule has 0 unspecified atom stereocenters. The zero-order chi connectivity index (χ0) is 23.5. The molecule has 3 aromatic carbocycles. The molecule has 1 aliphatic carbocycles. The first-order chi connectivity index (χ1) is 16.6. The average molecular weight is 456 g/mol. The van der Waals surface area contributed by atoms with E-state index in [0.717, 1.165) is 58.4 Å². The Morgan fingerprint density at radius 1 is 0.882 bits per heavy atom. The summed E-state index contributed by atoms with van der Waals surface area (Å²) in [7, 11) is 4.04. The van der Waals surface area contributed by atoms with Crippen LogP contribution in [0.4, 0.5) is 11.8 Å². The van der Waals surface area contributed by atoms with Crippen LogP contribution < -0.4 is 15.5 Å². The van der Waals surface area contributed by atoms with Crippen molar-refractivity contribution >= 4 is 33.4 Å². The van der Waals surface area contributed by atoms with E-state index in [1.165, 1.54) is 12.8 Å². The van der Waals surface area contributed by atoms with Gasteiger partial charge in [-0.25, -0.2) is 4.98 Å². The van der Waals surface area contributed by atoms with E-state index in [9.17, 15) is 5.11 Å². The highest BCUT2D eigenvalue weighted by atomic mass is 16.3. The van der Waals surface area contributed by atoms with Gasteiger partial charge in [0.25, 0.3) is 0 Å². The molecule has 1 heterocycles. The zero-order valence-corrected chi connectivity index (χ0v) is 20.0. The van der Waals surface area contributed by atoms with E-state index in [2.05, 4.69) is 22.8 Å². The highest BCUT2D eigenvalue weighted by molar-refractivity contribution is 5.90. The van der Waals surface area contributed by atoms with Crippen molar-refractivity contribution in [2.45, 2.75) is 38.3 Å². The third kappa shape index (κ3) is 4.77. The molecular formula is C28H33N5O. The van der Waals surface area contributed by atoms with Crippen LogP contribution in [-0.4, -0.2) is 41.8 Å². The molecule has 3 N–H and O–H groups in total. The molecule has 5 rings (SSSR count). The fraction of sp³-hybridized carbons (Fsp3) is 0.357. The van der Waals surface area contributed by atoms with Crippen molar-refractivity contribution < 1.29 is 5.11 Å². The summed E-state index contributed by atoms with van der Waals surface area (Å²) < 4.78 is 0. The summed E-state index contributed by atoms with van der Waals surface area (Å²) in [5, 5.41) is 20.8. The van der Waals surface area contributed by atoms with Gasteiger partial charge in [0.15, 0.2) is 0 Å². The fourth-order valence-corrected chi connectivity index (χ4v) is 5.01. The van der Waals surface area contributed by atoms with Crippen molar-refractivity contribution in [1.82, 2.24) is 15.3 Å². The molecule has 0 atom stereocenters. The van der Waals surface area contributed by atoms with E-state index >= 15 is 0 Å². The standard InChI is InChI=1S/C28H33N5O/c1-33(2)27-24-9-5-6-10-25(24)31-28(32-27)30-22-15-11-19(12-16-22)17-29-18-21-14-13-20-7-3-4-8-23(20)26(21)34/h3-10,13-14,19,22,29,34H,11-12,15-18H2,1-2H3,(H,30,31,32)/t19-,22+. The number of hydrogen-bond donors (Lipinski definition) is 3. The van der Waals surface area contributed by atoms with Crippen LogP contribution in [0.1, 0.15) is 31.2 Å². The zero-order valence-electron chi connectivity index (χ0n) is 20.0. The fourth-order valence-electron chi connectivity index (χ4n) is 5.01. The molecule has 0 saturated heterocycles. The molecular weight excluding hydrogens is 422 g/mol. The summed E-state index contributed by atoms with van der Waals surface area (Å²) in [6, 6.07) is 20.7. The number of nitrogens with zero attached hydrogens (tertiary/aromatic N) is 3. The van der Waals surface area contributed by atoms with Crippen LogP contribution >= 0.6 is 0 Å². The van der Waals surface area contributed by atoms with Gasteiger partial charge in [-0.15, -0.1) is 0 Å². The summed E-state index contributed by atoms with van der Waals surface area (Å²) in [5.41, 5.74) is 1.93. The van der Waals surface area contributed by atoms with E-state index in [4.69, 9.17) is 9.97 Å². The lowest BCUT2D eigenvalue weighted by Crippen LogP contribution is -2.31. The number of nitrogens with one attached hydrogen (secondary N) is 2. The summed E-state index contributed by atoms with van der Waals surface area (Å²) in [4.78, 5) is 11.6. The number of phenolic OH excluding ortho intramolecular Hbond substituents is 1. The monoisotopic (exact) mass is 455 g/mol. The van der Waals surface area contributed by atoms with Crippen LogP contribution in [0.5, 0.6) is 5.75 Å². The second kappa shape index (κ2) is 9.85. The molecule has 176 valence electrons. The second-order valence-corrected chi connectivity index (χ2v) is 9.57. The molecule has 6 heteroatoms. The van der Waals surface area contributed by atoms with Gasteiger partial charge in [0.1, 0.15) is 11.6 Å². The van der Waals surface area contributed by atoms with Crippen molar-refractivity contribution in [3.8, 4) is 5.75 Å². The Labute approximate surface area is 201 Å². The molecule has 6 nitrogen and oxygen atoms in total. The summed E-state index contributed by atoms with van der Waals surface area (Å²) in [6.07, 6.45) is 4.56. The topological polar surface area (TPSA) is 73.3 Å². The number of hydrogen-bond acceptors (Lipinski definition) is 6. The Bertz CT molecular complexity index is 1280. The Hall–Kier alpha value is -3.38. The summed E-state index contributed by atoms with van der Waals surface area (Å²) >= 11 is 0. The molecule has 34 heavy (non-hydrogen) atoms. The van der Waals surface area contributed by atoms with Gasteiger partial charge < -0.3 is 20.6 Å². The second-order valence-electron chi connectivity index (χ2n) is 9.57. The molecule has 1 saturated carbocycles. The van der Waals surface area contributed by atoms with E-state index < -0.39 is 0 Å². The molecule has 4 aromatic rings. The summed E-state index contributed by atoms with van der Waals surface area (Å²) in [5.74, 6) is 2.71. The number of para-hydroxylation sites is 1. The van der Waals surface area contributed by atoms with Crippen LogP contribution in [0.15, 0.2) is 60.7 Å². The first kappa shape index (κ1) is 22.4. The predicted octanol–water partition coefficient (Wildman–Crippen LogP) is 5.32. The SMILES string of the molecule is CN(C)c1nc(N[C@H]2CC[C@@H](CNCc3ccc4ccccc4c3O)CC2)nc2ccccc12. The van der Waals surface area contributed by atoms with Gasteiger partial charge in [-0.2, -0.15) is 4.98 Å². The highest BCUT2D eigenvalue weighted by Crippen LogP contribution is 2.30. The maximum atomic E-state index is 10.6. The van der Waals surface area contributed by atoms with Gasteiger partial charge in [-0.05, 0) is 55.7 Å². The molecule has 1 fully saturated rings. The molecule has 1 aliphatic rings. The van der Waals surface area contributed by atoms with Crippen LogP contribution in [0.25, 0.3) is 21.7 Å². The normalized spacial score (nSPS) is 18.3. The minimum absolute atomic E-state index is 0.394. The number of phenols is 1. The van der Waals surface area contributed by atoms with E-state index in [-0.39, 0.29) is 0 Å². The van der Waals surface area contributed by atoms with Crippen molar-refractivity contribution in [2.24, 2.45) is 5.92 Å². The number of anilines is 2. The van der Waals surface area contributed by atoms with Crippen LogP contribution in [0.3, 0.4) is 0 Å². The lowest BCUT2D eigenvalue weighted by atomic mass is 9.86. The maximum absolute atomic E-state index is 10.6. The number of rotatable bonds is 7. The first-order valence-electron chi connectivity index (χ1n) is 12.2. The minimum Gasteiger partial charge on any atom is -0.507 e. The average Bonchev–Trinajstić information content (AvgIpc) is 2.86. The lowest BCUT2D eigenvalue weighted by molar-refractivity contribution is 0.323. The smallest absolute Gasteiger partial charge is 0.225 e. The highest BCUT2D eigenvalue weighted by Gasteiger charge is 2.22. The van der Waals surface area contributed by atoms with Gasteiger partial charge in [-0.3, -0.25) is 0 Å². The first-order valence-corrected chi connectivity index (χ1v) is 12.2. The molecule has 0 amide bonds. The maximum Gasteiger partial charge on any atom is 0.225 e.